The number of nitrogens with one attached hydrogen (secondary N) is 1. The number of esters is 4. The Balaban J connectivity index is 0.000000275. The van der Waals surface area contributed by atoms with Crippen molar-refractivity contribution >= 4 is 52.8 Å². The zero-order valence-corrected chi connectivity index (χ0v) is 37.1. The fourth-order valence-electron chi connectivity index (χ4n) is 6.03. The molecule has 6 N–H and O–H groups in total. The highest BCUT2D eigenvalue weighted by molar-refractivity contribution is 5.98. The van der Waals surface area contributed by atoms with Crippen molar-refractivity contribution in [2.75, 3.05) is 25.3 Å². The van der Waals surface area contributed by atoms with Crippen LogP contribution in [0.2, 0.25) is 0 Å². The average Bonchev–Trinajstić information content (AvgIpc) is 3.34. The van der Waals surface area contributed by atoms with Gasteiger partial charge in [0.25, 0.3) is 5.69 Å². The van der Waals surface area contributed by atoms with Gasteiger partial charge in [0.2, 0.25) is 5.91 Å². The first kappa shape index (κ1) is 53.2. The molecule has 5 aromatic carbocycles. The summed E-state index contributed by atoms with van der Waals surface area (Å²) in [7, 11) is 2.58. The number of carbonyl (C=O) groups is 6. The van der Waals surface area contributed by atoms with Crippen molar-refractivity contribution in [3.8, 4) is 0 Å². The van der Waals surface area contributed by atoms with Gasteiger partial charge in [-0.3, -0.25) is 38.9 Å². The second-order valence-corrected chi connectivity index (χ2v) is 14.8. The summed E-state index contributed by atoms with van der Waals surface area (Å²) in [6.07, 6.45) is 1.81. The van der Waals surface area contributed by atoms with Crippen LogP contribution in [-0.2, 0) is 80.2 Å². The molecule has 0 heterocycles. The molecule has 0 aromatic heterocycles. The molecule has 67 heavy (non-hydrogen) atoms. The number of nitro groups is 1. The van der Waals surface area contributed by atoms with Gasteiger partial charge >= 0.3 is 29.8 Å². The highest BCUT2D eigenvalue weighted by Crippen LogP contribution is 2.19. The normalized spacial score (nSPS) is 11.5. The number of non-ortho nitro benzene ring substituents is 1. The number of anilines is 2. The van der Waals surface area contributed by atoms with E-state index in [1.807, 2.05) is 72.8 Å². The van der Waals surface area contributed by atoms with E-state index >= 15 is 0 Å². The predicted octanol–water partition coefficient (Wildman–Crippen LogP) is 6.56. The maximum absolute atomic E-state index is 12.0. The van der Waals surface area contributed by atoms with Gasteiger partial charge in [0, 0.05) is 23.5 Å². The number of carboxylic acid groups (broad SMARTS) is 1. The molecule has 5 aromatic rings. The summed E-state index contributed by atoms with van der Waals surface area (Å²) in [5.74, 6) is -4.76. The van der Waals surface area contributed by atoms with E-state index in [2.05, 4.69) is 16.6 Å². The lowest BCUT2D eigenvalue weighted by atomic mass is 9.96. The largest absolute Gasteiger partial charge is 0.481 e. The van der Waals surface area contributed by atoms with Gasteiger partial charge in [-0.2, -0.15) is 0 Å². The Hall–Kier alpha value is -8.18. The number of aliphatic carboxylic acids is 1. The maximum Gasteiger partial charge on any atom is 0.322 e. The number of amides is 1. The van der Waals surface area contributed by atoms with Crippen LogP contribution in [0.4, 0.5) is 17.1 Å². The van der Waals surface area contributed by atoms with Gasteiger partial charge in [-0.25, -0.2) is 0 Å². The number of hydrogen-bond donors (Lipinski definition) is 4. The zero-order chi connectivity index (χ0) is 49.1. The first-order chi connectivity index (χ1) is 32.1. The van der Waals surface area contributed by atoms with Gasteiger partial charge in [0.05, 0.1) is 43.8 Å². The topological polar surface area (TPSA) is 267 Å². The second-order valence-electron chi connectivity index (χ2n) is 14.8. The van der Waals surface area contributed by atoms with Crippen LogP contribution in [0.5, 0.6) is 0 Å². The smallest absolute Gasteiger partial charge is 0.322 e. The molecule has 3 atom stereocenters. The Morgan fingerprint density at radius 3 is 1.52 bits per heavy atom. The summed E-state index contributed by atoms with van der Waals surface area (Å²) in [4.78, 5) is 79.7. The van der Waals surface area contributed by atoms with Crippen LogP contribution in [0.15, 0.2) is 146 Å². The molecule has 0 aliphatic rings. The fraction of sp³-hybridized carbons (Fsp3) is 0.240. The van der Waals surface area contributed by atoms with E-state index in [-0.39, 0.29) is 44.1 Å². The van der Waals surface area contributed by atoms with Crippen molar-refractivity contribution < 1.29 is 57.7 Å². The molecule has 17 heteroatoms. The Morgan fingerprint density at radius 1 is 0.642 bits per heavy atom. The number of benzene rings is 5. The maximum atomic E-state index is 12.0. The molecular formula is C50H54N4O13. The fourth-order valence-corrected chi connectivity index (χ4v) is 6.03. The van der Waals surface area contributed by atoms with Crippen LogP contribution >= 0.6 is 0 Å². The quantitative estimate of drug-likeness (QED) is 0.0161. The first-order valence-electron chi connectivity index (χ1n) is 20.7. The van der Waals surface area contributed by atoms with Gasteiger partial charge < -0.3 is 40.8 Å². The van der Waals surface area contributed by atoms with Crippen LogP contribution in [0, 0.1) is 22.0 Å². The third-order valence-corrected chi connectivity index (χ3v) is 9.65. The van der Waals surface area contributed by atoms with Gasteiger partial charge in [-0.15, -0.1) is 0 Å². The summed E-state index contributed by atoms with van der Waals surface area (Å²) in [6, 6.07) is 37.7. The molecule has 1 amide bonds. The summed E-state index contributed by atoms with van der Waals surface area (Å²) in [5, 5.41) is 22.4. The van der Waals surface area contributed by atoms with E-state index in [1.165, 1.54) is 26.4 Å². The molecule has 0 unspecified atom stereocenters. The number of rotatable bonds is 20. The van der Waals surface area contributed by atoms with E-state index in [0.29, 0.717) is 24.2 Å². The molecule has 5 rings (SSSR count). The van der Waals surface area contributed by atoms with Crippen LogP contribution < -0.4 is 16.8 Å². The van der Waals surface area contributed by atoms with Crippen molar-refractivity contribution in [2.45, 2.75) is 51.4 Å². The first-order valence-corrected chi connectivity index (χ1v) is 20.7. The molecule has 0 fully saturated rings. The third-order valence-electron chi connectivity index (χ3n) is 9.65. The third kappa shape index (κ3) is 20.5. The van der Waals surface area contributed by atoms with Crippen molar-refractivity contribution in [3.05, 3.63) is 184 Å². The number of carboxylic acids is 1. The van der Waals surface area contributed by atoms with Gasteiger partial charge in [-0.05, 0) is 77.4 Å². The Morgan fingerprint density at radius 2 is 1.07 bits per heavy atom. The van der Waals surface area contributed by atoms with Gasteiger partial charge in [-0.1, -0.05) is 104 Å². The highest BCUT2D eigenvalue weighted by Gasteiger charge is 2.25. The number of nitrogens with two attached hydrogens (primary N) is 2. The highest BCUT2D eigenvalue weighted by atomic mass is 16.6. The Kier molecular flexibility index (Phi) is 22.7. The standard InChI is InChI=1S/C21H21NO5.C19H21NO4.C10H12N2O4/c1-2-19(23)22-18-10-8-15(9-11-18)12-17(21(25)26)13-20(24)27-14-16-6-4-3-5-7-16;1-23-19(22)16(11-14-7-9-17(20)10-8-14)12-18(21)24-13-15-5-3-2-4-6-15;1-16-10(13)9(11)6-7-2-4-8(5-3-7)12(14)15/h2-11,17H,1,12-14H2,(H,22,23)(H,25,26);2-10,16H,11-13,20H2,1H3;2-5,9H,6,11H2,1H3/t17-;16-;9-/m110/s1. The Bertz CT molecular complexity index is 2380. The molecule has 0 spiro atoms. The van der Waals surface area contributed by atoms with E-state index in [0.717, 1.165) is 33.9 Å². The second kappa shape index (κ2) is 28.6. The number of ether oxygens (including phenoxy) is 4. The minimum absolute atomic E-state index is 0.00962. The van der Waals surface area contributed by atoms with Gasteiger partial charge in [0.15, 0.2) is 0 Å². The number of hydrogen-bond acceptors (Lipinski definition) is 14. The summed E-state index contributed by atoms with van der Waals surface area (Å²) in [6.45, 7) is 3.68. The average molecular weight is 919 g/mol. The van der Waals surface area contributed by atoms with Crippen LogP contribution in [-0.4, -0.2) is 66.0 Å². The lowest BCUT2D eigenvalue weighted by molar-refractivity contribution is -0.384. The number of nitrogen functional groups attached to an aromatic ring is 1. The SMILES string of the molecule is C=CC(=O)Nc1ccc(C[C@H](CC(=O)OCc2ccccc2)C(=O)O)cc1.COC(=O)[C@@H](CC(=O)OCc1ccccc1)Cc1ccc(N)cc1.COC(=O)[C@@H](N)Cc1ccc([N+](=O)[O-])cc1. The molecule has 17 nitrogen and oxygen atoms in total. The van der Waals surface area contributed by atoms with Crippen molar-refractivity contribution in [1.82, 2.24) is 0 Å². The molecule has 0 saturated carbocycles. The molecule has 0 radical (unpaired) electrons. The minimum Gasteiger partial charge on any atom is -0.481 e. The number of methoxy groups -OCH3 is 2. The number of nitrogens with zero attached hydrogens (tertiary/aromatic N) is 1. The Labute approximate surface area is 387 Å². The molecule has 0 saturated heterocycles. The molecular weight excluding hydrogens is 865 g/mol. The molecule has 352 valence electrons. The minimum atomic E-state index is -1.06. The molecule has 0 bridgehead atoms. The van der Waals surface area contributed by atoms with Gasteiger partial charge in [0.1, 0.15) is 19.3 Å². The molecule has 0 aliphatic heterocycles. The lowest BCUT2D eigenvalue weighted by Crippen LogP contribution is -2.33. The van der Waals surface area contributed by atoms with Crippen LogP contribution in [0.3, 0.4) is 0 Å². The monoisotopic (exact) mass is 918 g/mol. The summed E-state index contributed by atoms with van der Waals surface area (Å²) < 4.78 is 19.7. The van der Waals surface area contributed by atoms with Crippen molar-refractivity contribution in [3.63, 3.8) is 0 Å². The number of nitro benzene ring substituents is 1. The summed E-state index contributed by atoms with van der Waals surface area (Å²) in [5.41, 5.74) is 16.6. The van der Waals surface area contributed by atoms with Crippen molar-refractivity contribution in [2.24, 2.45) is 17.6 Å². The predicted molar refractivity (Wildman–Crippen MR) is 249 cm³/mol. The lowest BCUT2D eigenvalue weighted by Gasteiger charge is -2.14. The van der Waals surface area contributed by atoms with E-state index < -0.39 is 52.6 Å². The van der Waals surface area contributed by atoms with E-state index in [9.17, 15) is 44.0 Å². The summed E-state index contributed by atoms with van der Waals surface area (Å²) >= 11 is 0. The van der Waals surface area contributed by atoms with Crippen LogP contribution in [0.1, 0.15) is 40.7 Å². The van der Waals surface area contributed by atoms with E-state index in [1.54, 1.807) is 48.5 Å². The zero-order valence-electron chi connectivity index (χ0n) is 37.1. The van der Waals surface area contributed by atoms with Crippen molar-refractivity contribution in [1.29, 1.82) is 0 Å². The molecule has 0 aliphatic carbocycles. The van der Waals surface area contributed by atoms with E-state index in [4.69, 9.17) is 25.7 Å². The van der Waals surface area contributed by atoms with Crippen LogP contribution in [0.25, 0.3) is 0 Å². The number of carbonyl (C=O) groups excluding carboxylic acids is 5.